The molecular weight excluding hydrogens is 536 g/mol. The van der Waals surface area contributed by atoms with Crippen molar-refractivity contribution in [2.24, 2.45) is 0 Å². The summed E-state index contributed by atoms with van der Waals surface area (Å²) in [6.45, 7) is 0. The van der Waals surface area contributed by atoms with Crippen molar-refractivity contribution in [3.8, 4) is 39.1 Å². The van der Waals surface area contributed by atoms with Crippen molar-refractivity contribution in [1.82, 2.24) is 0 Å². The predicted molar refractivity (Wildman–Crippen MR) is 184 cm³/mol. The lowest BCUT2D eigenvalue weighted by Gasteiger charge is -2.18. The van der Waals surface area contributed by atoms with Gasteiger partial charge in [-0.3, -0.25) is 0 Å². The zero-order chi connectivity index (χ0) is 39.6. The molecule has 0 spiro atoms. The fourth-order valence-corrected chi connectivity index (χ4v) is 6.00. The minimum absolute atomic E-state index is 0.00640. The Hall–Kier alpha value is -5.86. The largest absolute Gasteiger partial charge is 0.507 e. The van der Waals surface area contributed by atoms with Gasteiger partial charge in [-0.2, -0.15) is 0 Å². The second-order valence-electron chi connectivity index (χ2n) is 10.4. The van der Waals surface area contributed by atoms with Crippen LogP contribution in [0.1, 0.15) is 16.4 Å². The van der Waals surface area contributed by atoms with Crippen LogP contribution in [0.25, 0.3) is 87.6 Å². The van der Waals surface area contributed by atoms with Gasteiger partial charge in [0.1, 0.15) is 16.9 Å². The molecule has 0 saturated carbocycles. The summed E-state index contributed by atoms with van der Waals surface area (Å²) in [5.74, 6) is -0.541. The van der Waals surface area contributed by atoms with Gasteiger partial charge < -0.3 is 9.52 Å². The first-order valence-electron chi connectivity index (χ1n) is 19.9. The molecule has 0 saturated heterocycles. The van der Waals surface area contributed by atoms with Crippen LogP contribution < -0.4 is 0 Å². The third-order valence-corrected chi connectivity index (χ3v) is 7.92. The number of furan rings is 1. The molecule has 1 N–H and O–H groups in total. The van der Waals surface area contributed by atoms with E-state index in [4.69, 9.17) is 15.4 Å². The summed E-state index contributed by atoms with van der Waals surface area (Å²) in [5, 5.41) is 12.6. The van der Waals surface area contributed by atoms with Gasteiger partial charge in [-0.15, -0.1) is 0 Å². The van der Waals surface area contributed by atoms with E-state index in [2.05, 4.69) is 0 Å². The number of fused-ring (bicyclic) bond motifs is 6. The lowest BCUT2D eigenvalue weighted by Crippen LogP contribution is -1.91. The first-order valence-corrected chi connectivity index (χ1v) is 13.9. The molecule has 2 heteroatoms. The number of hydrogen-bond donors (Lipinski definition) is 1. The van der Waals surface area contributed by atoms with Crippen LogP contribution in [0.2, 0.25) is 0 Å². The van der Waals surface area contributed by atoms with Gasteiger partial charge >= 0.3 is 0 Å². The maximum Gasteiger partial charge on any atom is 0.139 e. The summed E-state index contributed by atoms with van der Waals surface area (Å²) in [4.78, 5) is 0. The molecule has 206 valence electrons. The molecule has 1 heterocycles. The van der Waals surface area contributed by atoms with E-state index in [1.54, 1.807) is 78.9 Å². The van der Waals surface area contributed by atoms with Crippen LogP contribution in [0.4, 0.5) is 0 Å². The van der Waals surface area contributed by atoms with Gasteiger partial charge in [0.05, 0.1) is 21.8 Å². The van der Waals surface area contributed by atoms with Crippen LogP contribution in [0, 0.1) is 0 Å². The first kappa shape index (κ1) is 15.6. The summed E-state index contributed by atoms with van der Waals surface area (Å²) >= 11 is 0. The Kier molecular flexibility index (Phi) is 3.39. The van der Waals surface area contributed by atoms with E-state index in [0.717, 1.165) is 0 Å². The third kappa shape index (κ3) is 3.75. The minimum Gasteiger partial charge on any atom is -0.507 e. The number of phenolic OH excluding ortho intramolecular Hbond substituents is 1. The standard InChI is InChI=1S/C42H26O2/c43-37-23-31(26-10-2-1-3-11-26)25-39-42(37)36-21-20-30(24-38(36)44-39)41-34-16-8-6-14-32(34)40(33-15-7-9-17-35(33)41)29-19-18-27-12-4-5-13-28(27)22-29/h1-25,43H/i4D,5D,12D,13D,18D,19D,20D,21D,22D,23D,24D,25D. The van der Waals surface area contributed by atoms with E-state index in [9.17, 15) is 10.6 Å². The average Bonchev–Trinajstić information content (AvgIpc) is 3.62. The summed E-state index contributed by atoms with van der Waals surface area (Å²) in [7, 11) is 0. The molecule has 0 amide bonds. The van der Waals surface area contributed by atoms with Crippen LogP contribution in [0.15, 0.2) is 156 Å². The molecule has 2 nitrogen and oxygen atoms in total. The second-order valence-corrected chi connectivity index (χ2v) is 10.4. The molecule has 0 aliphatic carbocycles. The molecule has 8 aromatic carbocycles. The van der Waals surface area contributed by atoms with Crippen molar-refractivity contribution in [3.63, 3.8) is 0 Å². The SMILES string of the molecule is [2H]c1c([2H])c([2H])c2c([2H])c(-c3c4ccccc4c(-c4c([2H])c([2H])c5c(oc6c([2H])c(-c7ccccc7)c([2H])c(O)c65)c4[2H])c4ccccc34)c([2H])c([2H])c2c1[2H]. The van der Waals surface area contributed by atoms with Gasteiger partial charge in [0.2, 0.25) is 0 Å². The zero-order valence-electron chi connectivity index (χ0n) is 34.9. The highest BCUT2D eigenvalue weighted by Crippen LogP contribution is 2.46. The van der Waals surface area contributed by atoms with Crippen molar-refractivity contribution in [2.45, 2.75) is 0 Å². The quantitative estimate of drug-likeness (QED) is 0.213. The number of hydrogen-bond acceptors (Lipinski definition) is 2. The molecule has 0 aliphatic rings. The van der Waals surface area contributed by atoms with Gasteiger partial charge in [0.15, 0.2) is 0 Å². The van der Waals surface area contributed by atoms with Gasteiger partial charge in [-0.05, 0) is 95.9 Å². The summed E-state index contributed by atoms with van der Waals surface area (Å²) in [6, 6.07) is 17.5. The monoisotopic (exact) mass is 574 g/mol. The molecule has 9 aromatic rings. The normalized spacial score (nSPS) is 15.5. The lowest BCUT2D eigenvalue weighted by atomic mass is 9.85. The summed E-state index contributed by atoms with van der Waals surface area (Å²) < 4.78 is 113. The fourth-order valence-electron chi connectivity index (χ4n) is 6.00. The Morgan fingerprint density at radius 2 is 1.02 bits per heavy atom. The smallest absolute Gasteiger partial charge is 0.139 e. The van der Waals surface area contributed by atoms with E-state index in [1.165, 1.54) is 0 Å². The van der Waals surface area contributed by atoms with Gasteiger partial charge in [-0.25, -0.2) is 0 Å². The van der Waals surface area contributed by atoms with Gasteiger partial charge in [-0.1, -0.05) is 121 Å². The van der Waals surface area contributed by atoms with E-state index in [1.807, 2.05) is 0 Å². The van der Waals surface area contributed by atoms with Crippen LogP contribution >= 0.6 is 0 Å². The molecule has 0 aliphatic heterocycles. The number of benzene rings is 8. The van der Waals surface area contributed by atoms with Gasteiger partial charge in [0.25, 0.3) is 0 Å². The lowest BCUT2D eigenvalue weighted by molar-refractivity contribution is 0.482. The average molecular weight is 575 g/mol. The van der Waals surface area contributed by atoms with Crippen molar-refractivity contribution >= 4 is 54.3 Å². The van der Waals surface area contributed by atoms with Crippen molar-refractivity contribution < 1.29 is 26.0 Å². The highest BCUT2D eigenvalue weighted by molar-refractivity contribution is 6.22. The Morgan fingerprint density at radius 1 is 0.455 bits per heavy atom. The van der Waals surface area contributed by atoms with Crippen molar-refractivity contribution in [1.29, 1.82) is 0 Å². The van der Waals surface area contributed by atoms with E-state index in [0.29, 0.717) is 38.2 Å². The maximum atomic E-state index is 11.4. The molecule has 0 atom stereocenters. The molecule has 9 rings (SSSR count). The topological polar surface area (TPSA) is 33.4 Å². The Morgan fingerprint density at radius 3 is 1.70 bits per heavy atom. The third-order valence-electron chi connectivity index (χ3n) is 7.92. The minimum atomic E-state index is -0.568. The van der Waals surface area contributed by atoms with Crippen LogP contribution in [-0.2, 0) is 0 Å². The molecule has 0 unspecified atom stereocenters. The maximum absolute atomic E-state index is 11.4. The summed E-state index contributed by atoms with van der Waals surface area (Å²) in [6.07, 6.45) is 0. The molecule has 1 aromatic heterocycles. The van der Waals surface area contributed by atoms with Crippen molar-refractivity contribution in [2.75, 3.05) is 0 Å². The predicted octanol–water partition coefficient (Wildman–Crippen LogP) is 11.8. The fraction of sp³-hybridized carbons (Fsp3) is 0. The van der Waals surface area contributed by atoms with E-state index < -0.39 is 48.0 Å². The van der Waals surface area contributed by atoms with Crippen molar-refractivity contribution in [3.05, 3.63) is 151 Å². The van der Waals surface area contributed by atoms with Crippen LogP contribution in [-0.4, -0.2) is 5.11 Å². The summed E-state index contributed by atoms with van der Waals surface area (Å²) in [5.41, 5.74) is 0.977. The highest BCUT2D eigenvalue weighted by Gasteiger charge is 2.19. The van der Waals surface area contributed by atoms with E-state index >= 15 is 0 Å². The first-order chi connectivity index (χ1) is 26.8. The molecule has 0 fully saturated rings. The molecule has 0 bridgehead atoms. The number of rotatable bonds is 3. The number of aromatic hydroxyl groups is 1. The van der Waals surface area contributed by atoms with Crippen LogP contribution in [0.5, 0.6) is 5.75 Å². The highest BCUT2D eigenvalue weighted by atomic mass is 16.3. The molecular formula is C42H26O2. The molecule has 44 heavy (non-hydrogen) atoms. The Balaban J connectivity index is 1.42. The zero-order valence-corrected chi connectivity index (χ0v) is 22.9. The second kappa shape index (κ2) is 9.58. The van der Waals surface area contributed by atoms with Gasteiger partial charge in [0, 0.05) is 5.39 Å². The molecule has 0 radical (unpaired) electrons. The Bertz CT molecular complexity index is 3170. The van der Waals surface area contributed by atoms with E-state index in [-0.39, 0.29) is 79.6 Å². The van der Waals surface area contributed by atoms with Crippen LogP contribution in [0.3, 0.4) is 0 Å². The Labute approximate surface area is 270 Å². The number of phenols is 1.